The van der Waals surface area contributed by atoms with E-state index in [4.69, 9.17) is 0 Å². The molecule has 0 aliphatic heterocycles. The number of aryl methyl sites for hydroxylation is 1. The maximum Gasteiger partial charge on any atom is 0.0630 e. The quantitative estimate of drug-likeness (QED) is 0.411. The smallest absolute Gasteiger partial charge is 0.0630 e. The first-order valence-electron chi connectivity index (χ1n) is 7.19. The molecular formula is C19H17IN2. The molecule has 0 amide bonds. The summed E-state index contributed by atoms with van der Waals surface area (Å²) in [6, 6.07) is 20.8. The predicted molar refractivity (Wildman–Crippen MR) is 102 cm³/mol. The minimum atomic E-state index is 0.977. The van der Waals surface area contributed by atoms with Crippen molar-refractivity contribution >= 4 is 34.5 Å². The molecule has 1 heterocycles. The molecule has 2 aromatic carbocycles. The molecule has 0 aliphatic carbocycles. The Labute approximate surface area is 144 Å². The van der Waals surface area contributed by atoms with E-state index in [9.17, 15) is 0 Å². The lowest BCUT2D eigenvalue weighted by atomic mass is 10.2. The Kier molecular flexibility index (Phi) is 4.43. The molecule has 110 valence electrons. The molecule has 0 saturated heterocycles. The van der Waals surface area contributed by atoms with Gasteiger partial charge in [0.05, 0.1) is 5.69 Å². The number of nitrogens with zero attached hydrogens (tertiary/aromatic N) is 2. The van der Waals surface area contributed by atoms with Crippen LogP contribution in [-0.4, -0.2) is 10.8 Å². The van der Waals surface area contributed by atoms with Gasteiger partial charge in [0.2, 0.25) is 0 Å². The monoisotopic (exact) mass is 400 g/mol. The predicted octanol–water partition coefficient (Wildman–Crippen LogP) is 5.45. The standard InChI is InChI=1S/C19H17IN2/c1-14-12-16(13-21-18-10-8-17(20)9-11-18)15(2)22(14)19-6-4-3-5-7-19/h3-13H,1-2H3. The van der Waals surface area contributed by atoms with Crippen LogP contribution in [0.15, 0.2) is 65.7 Å². The number of hydrogen-bond acceptors (Lipinski definition) is 1. The lowest BCUT2D eigenvalue weighted by molar-refractivity contribution is 0.965. The molecule has 0 fully saturated rings. The highest BCUT2D eigenvalue weighted by atomic mass is 127. The van der Waals surface area contributed by atoms with Gasteiger partial charge in [-0.15, -0.1) is 0 Å². The van der Waals surface area contributed by atoms with Gasteiger partial charge in [0.25, 0.3) is 0 Å². The fourth-order valence-electron chi connectivity index (χ4n) is 2.56. The van der Waals surface area contributed by atoms with Gasteiger partial charge in [-0.1, -0.05) is 18.2 Å². The van der Waals surface area contributed by atoms with Crippen molar-refractivity contribution in [2.75, 3.05) is 0 Å². The molecule has 0 atom stereocenters. The molecule has 3 heteroatoms. The summed E-state index contributed by atoms with van der Waals surface area (Å²) in [5.74, 6) is 0. The van der Waals surface area contributed by atoms with Crippen LogP contribution in [0, 0.1) is 17.4 Å². The van der Waals surface area contributed by atoms with E-state index in [0.717, 1.165) is 11.3 Å². The van der Waals surface area contributed by atoms with Crippen LogP contribution in [0.1, 0.15) is 17.0 Å². The molecule has 3 rings (SSSR count). The SMILES string of the molecule is Cc1cc(C=Nc2ccc(I)cc2)c(C)n1-c1ccccc1. The van der Waals surface area contributed by atoms with Crippen molar-refractivity contribution in [1.82, 2.24) is 4.57 Å². The highest BCUT2D eigenvalue weighted by Crippen LogP contribution is 2.20. The van der Waals surface area contributed by atoms with E-state index in [1.54, 1.807) is 0 Å². The first-order chi connectivity index (χ1) is 10.6. The van der Waals surface area contributed by atoms with E-state index in [1.165, 1.54) is 20.6 Å². The van der Waals surface area contributed by atoms with Gasteiger partial charge >= 0.3 is 0 Å². The Hall–Kier alpha value is -1.88. The second kappa shape index (κ2) is 6.48. The lowest BCUT2D eigenvalue weighted by Gasteiger charge is -2.08. The maximum absolute atomic E-state index is 4.58. The molecule has 0 saturated carbocycles. The summed E-state index contributed by atoms with van der Waals surface area (Å²) in [5.41, 5.74) is 5.74. The largest absolute Gasteiger partial charge is 0.318 e. The zero-order chi connectivity index (χ0) is 15.5. The Balaban J connectivity index is 1.94. The topological polar surface area (TPSA) is 17.3 Å². The Morgan fingerprint density at radius 2 is 1.64 bits per heavy atom. The van der Waals surface area contributed by atoms with Crippen molar-refractivity contribution in [1.29, 1.82) is 0 Å². The number of aliphatic imine (C=N–C) groups is 1. The van der Waals surface area contributed by atoms with Crippen LogP contribution in [0.25, 0.3) is 5.69 Å². The summed E-state index contributed by atoms with van der Waals surface area (Å²) in [6.07, 6.45) is 1.95. The third-order valence-corrected chi connectivity index (χ3v) is 4.38. The summed E-state index contributed by atoms with van der Waals surface area (Å²) in [4.78, 5) is 4.58. The van der Waals surface area contributed by atoms with Gasteiger partial charge in [0, 0.05) is 32.4 Å². The first kappa shape index (κ1) is 15.0. The number of hydrogen-bond donors (Lipinski definition) is 0. The molecule has 0 bridgehead atoms. The average Bonchev–Trinajstić information content (AvgIpc) is 2.82. The maximum atomic E-state index is 4.58. The number of benzene rings is 2. The summed E-state index contributed by atoms with van der Waals surface area (Å²) in [7, 11) is 0. The molecule has 3 aromatic rings. The fraction of sp³-hybridized carbons (Fsp3) is 0.105. The van der Waals surface area contributed by atoms with E-state index in [1.807, 2.05) is 24.4 Å². The van der Waals surface area contributed by atoms with Gasteiger partial charge in [0.15, 0.2) is 0 Å². The van der Waals surface area contributed by atoms with Gasteiger partial charge in [-0.25, -0.2) is 0 Å². The van der Waals surface area contributed by atoms with E-state index in [-0.39, 0.29) is 0 Å². The lowest BCUT2D eigenvalue weighted by Crippen LogP contribution is -1.98. The van der Waals surface area contributed by atoms with Crippen LogP contribution in [0.5, 0.6) is 0 Å². The van der Waals surface area contributed by atoms with Crippen LogP contribution in [0.3, 0.4) is 0 Å². The van der Waals surface area contributed by atoms with Gasteiger partial charge < -0.3 is 4.57 Å². The van der Waals surface area contributed by atoms with E-state index >= 15 is 0 Å². The van der Waals surface area contributed by atoms with Crippen LogP contribution in [-0.2, 0) is 0 Å². The normalized spacial score (nSPS) is 11.2. The van der Waals surface area contributed by atoms with Crippen molar-refractivity contribution in [3.05, 3.63) is 81.2 Å². The Morgan fingerprint density at radius 1 is 0.955 bits per heavy atom. The van der Waals surface area contributed by atoms with E-state index < -0.39 is 0 Å². The van der Waals surface area contributed by atoms with Gasteiger partial charge in [0.1, 0.15) is 0 Å². The summed E-state index contributed by atoms with van der Waals surface area (Å²) >= 11 is 2.30. The first-order valence-corrected chi connectivity index (χ1v) is 8.27. The van der Waals surface area contributed by atoms with Crippen LogP contribution in [0.4, 0.5) is 5.69 Å². The van der Waals surface area contributed by atoms with Crippen molar-refractivity contribution < 1.29 is 0 Å². The highest BCUT2D eigenvalue weighted by molar-refractivity contribution is 14.1. The van der Waals surface area contributed by atoms with Gasteiger partial charge in [-0.2, -0.15) is 0 Å². The second-order valence-electron chi connectivity index (χ2n) is 5.23. The minimum Gasteiger partial charge on any atom is -0.318 e. The van der Waals surface area contributed by atoms with Crippen molar-refractivity contribution in [3.8, 4) is 5.69 Å². The van der Waals surface area contributed by atoms with Crippen LogP contribution in [0.2, 0.25) is 0 Å². The van der Waals surface area contributed by atoms with Gasteiger partial charge in [-0.05, 0) is 78.9 Å². The Bertz CT molecular complexity index is 799. The molecule has 0 aliphatic rings. The summed E-state index contributed by atoms with van der Waals surface area (Å²) in [5, 5.41) is 0. The molecule has 22 heavy (non-hydrogen) atoms. The molecule has 0 N–H and O–H groups in total. The molecule has 0 unspecified atom stereocenters. The van der Waals surface area contributed by atoms with E-state index in [0.29, 0.717) is 0 Å². The van der Waals surface area contributed by atoms with Crippen molar-refractivity contribution in [2.24, 2.45) is 4.99 Å². The zero-order valence-electron chi connectivity index (χ0n) is 12.6. The number of para-hydroxylation sites is 1. The van der Waals surface area contributed by atoms with Crippen LogP contribution < -0.4 is 0 Å². The third-order valence-electron chi connectivity index (χ3n) is 3.66. The third kappa shape index (κ3) is 3.14. The molecule has 1 aromatic heterocycles. The fourth-order valence-corrected chi connectivity index (χ4v) is 2.92. The Morgan fingerprint density at radius 3 is 2.32 bits per heavy atom. The van der Waals surface area contributed by atoms with Gasteiger partial charge in [-0.3, -0.25) is 4.99 Å². The zero-order valence-corrected chi connectivity index (χ0v) is 14.8. The van der Waals surface area contributed by atoms with Crippen LogP contribution >= 0.6 is 22.6 Å². The molecule has 0 radical (unpaired) electrons. The van der Waals surface area contributed by atoms with E-state index in [2.05, 4.69) is 88.5 Å². The summed E-state index contributed by atoms with van der Waals surface area (Å²) < 4.78 is 3.48. The molecular weight excluding hydrogens is 383 g/mol. The second-order valence-corrected chi connectivity index (χ2v) is 6.48. The van der Waals surface area contributed by atoms with Crippen molar-refractivity contribution in [3.63, 3.8) is 0 Å². The minimum absolute atomic E-state index is 0.977. The summed E-state index contributed by atoms with van der Waals surface area (Å²) in [6.45, 7) is 4.26. The number of halogens is 1. The highest BCUT2D eigenvalue weighted by Gasteiger charge is 2.08. The average molecular weight is 400 g/mol. The molecule has 0 spiro atoms. The molecule has 2 nitrogen and oxygen atoms in total. The number of rotatable bonds is 3. The number of aromatic nitrogens is 1. The van der Waals surface area contributed by atoms with Crippen molar-refractivity contribution in [2.45, 2.75) is 13.8 Å².